The number of carbonyl (C=O) groups excluding carboxylic acids is 1. The summed E-state index contributed by atoms with van der Waals surface area (Å²) >= 11 is 0. The first-order valence-corrected chi connectivity index (χ1v) is 7.86. The van der Waals surface area contributed by atoms with Crippen molar-refractivity contribution in [2.75, 3.05) is 19.0 Å². The molecule has 1 saturated carbocycles. The number of alkyl halides is 3. The second-order valence-corrected chi connectivity index (χ2v) is 6.26. The van der Waals surface area contributed by atoms with Crippen molar-refractivity contribution >= 4 is 11.6 Å². The fraction of sp³-hybridized carbons (Fsp3) is 0.588. The Bertz CT molecular complexity index is 530. The van der Waals surface area contributed by atoms with Crippen LogP contribution in [0.5, 0.6) is 0 Å². The van der Waals surface area contributed by atoms with Crippen LogP contribution < -0.4 is 4.90 Å². The van der Waals surface area contributed by atoms with E-state index in [2.05, 4.69) is 0 Å². The Hall–Kier alpha value is -1.56. The molecule has 23 heavy (non-hydrogen) atoms. The van der Waals surface area contributed by atoms with E-state index in [-0.39, 0.29) is 31.2 Å². The lowest BCUT2D eigenvalue weighted by molar-refractivity contribution is -0.173. The molecule has 6 heteroatoms. The zero-order valence-corrected chi connectivity index (χ0v) is 13.7. The van der Waals surface area contributed by atoms with Crippen LogP contribution in [0.4, 0.5) is 18.9 Å². The number of amides is 1. The van der Waals surface area contributed by atoms with Crippen molar-refractivity contribution in [1.29, 1.82) is 0 Å². The molecular formula is C17H23F3N2O. The van der Waals surface area contributed by atoms with Crippen LogP contribution in [0.15, 0.2) is 30.3 Å². The van der Waals surface area contributed by atoms with Crippen molar-refractivity contribution in [3.63, 3.8) is 0 Å². The number of likely N-dealkylation sites (N-methyl/N-ethyl adjacent to an activating group) is 1. The van der Waals surface area contributed by atoms with Crippen molar-refractivity contribution in [2.45, 2.75) is 44.4 Å². The van der Waals surface area contributed by atoms with Crippen LogP contribution in [0, 0.1) is 5.92 Å². The van der Waals surface area contributed by atoms with E-state index in [9.17, 15) is 18.0 Å². The highest BCUT2D eigenvalue weighted by molar-refractivity contribution is 5.94. The second kappa shape index (κ2) is 6.91. The molecule has 0 radical (unpaired) electrons. The van der Waals surface area contributed by atoms with Crippen molar-refractivity contribution in [2.24, 2.45) is 5.92 Å². The van der Waals surface area contributed by atoms with E-state index in [1.807, 2.05) is 6.07 Å². The van der Waals surface area contributed by atoms with Crippen LogP contribution in [0.2, 0.25) is 0 Å². The zero-order chi connectivity index (χ0) is 17.2. The van der Waals surface area contributed by atoms with Gasteiger partial charge in [0.05, 0.1) is 12.0 Å². The Labute approximate surface area is 135 Å². The van der Waals surface area contributed by atoms with Crippen molar-refractivity contribution < 1.29 is 18.0 Å². The molecule has 2 rings (SSSR count). The third kappa shape index (κ3) is 3.86. The highest BCUT2D eigenvalue weighted by Crippen LogP contribution is 2.43. The second-order valence-electron chi connectivity index (χ2n) is 6.26. The molecule has 0 aromatic heterocycles. The van der Waals surface area contributed by atoms with E-state index >= 15 is 0 Å². The third-order valence-electron chi connectivity index (χ3n) is 4.56. The minimum atomic E-state index is -4.22. The number of carbonyl (C=O) groups is 1. The van der Waals surface area contributed by atoms with Gasteiger partial charge in [-0.1, -0.05) is 25.1 Å². The van der Waals surface area contributed by atoms with Gasteiger partial charge in [-0.3, -0.25) is 4.79 Å². The molecule has 1 aromatic carbocycles. The number of rotatable bonds is 4. The summed E-state index contributed by atoms with van der Waals surface area (Å²) in [5.74, 6) is -1.51. The lowest BCUT2D eigenvalue weighted by Gasteiger charge is -2.36. The summed E-state index contributed by atoms with van der Waals surface area (Å²) in [5, 5.41) is 0. The Kier molecular flexibility index (Phi) is 5.34. The van der Waals surface area contributed by atoms with Crippen LogP contribution in [0.1, 0.15) is 26.2 Å². The smallest absolute Gasteiger partial charge is 0.308 e. The number of nitrogens with zero attached hydrogens (tertiary/aromatic N) is 2. The molecule has 0 saturated heterocycles. The van der Waals surface area contributed by atoms with Gasteiger partial charge >= 0.3 is 6.18 Å². The molecule has 3 nitrogen and oxygen atoms in total. The quantitative estimate of drug-likeness (QED) is 0.841. The predicted octanol–water partition coefficient (Wildman–Crippen LogP) is 3.70. The Morgan fingerprint density at radius 1 is 1.13 bits per heavy atom. The number of halogens is 3. The highest BCUT2D eigenvalue weighted by atomic mass is 19.4. The third-order valence-corrected chi connectivity index (χ3v) is 4.56. The fourth-order valence-corrected chi connectivity index (χ4v) is 3.37. The van der Waals surface area contributed by atoms with E-state index in [4.69, 9.17) is 0 Å². The largest absolute Gasteiger partial charge is 0.391 e. The Morgan fingerprint density at radius 3 is 2.17 bits per heavy atom. The summed E-state index contributed by atoms with van der Waals surface area (Å²) in [7, 11) is 3.55. The average molecular weight is 328 g/mol. The molecule has 3 unspecified atom stereocenters. The Balaban J connectivity index is 2.38. The van der Waals surface area contributed by atoms with Crippen molar-refractivity contribution in [3.05, 3.63) is 30.3 Å². The minimum Gasteiger partial charge on any atom is -0.308 e. The summed E-state index contributed by atoms with van der Waals surface area (Å²) < 4.78 is 39.6. The monoisotopic (exact) mass is 328 g/mol. The SMILES string of the molecule is CCC(=O)N(c1ccccc1)C1CC(C(F)(F)F)CC1N(C)C. The van der Waals surface area contributed by atoms with Crippen molar-refractivity contribution in [1.82, 2.24) is 4.90 Å². The van der Waals surface area contributed by atoms with Gasteiger partial charge in [0.15, 0.2) is 0 Å². The molecule has 0 N–H and O–H groups in total. The molecule has 1 amide bonds. The number of hydrogen-bond acceptors (Lipinski definition) is 2. The van der Waals surface area contributed by atoms with Crippen LogP contribution in [-0.4, -0.2) is 43.2 Å². The lowest BCUT2D eigenvalue weighted by Crippen LogP contribution is -2.49. The van der Waals surface area contributed by atoms with E-state index in [1.54, 1.807) is 55.1 Å². The molecular weight excluding hydrogens is 305 g/mol. The van der Waals surface area contributed by atoms with Gasteiger partial charge in [-0.05, 0) is 39.1 Å². The molecule has 1 fully saturated rings. The van der Waals surface area contributed by atoms with Gasteiger partial charge in [0.2, 0.25) is 5.91 Å². The highest BCUT2D eigenvalue weighted by Gasteiger charge is 2.51. The molecule has 1 aromatic rings. The fourth-order valence-electron chi connectivity index (χ4n) is 3.37. The molecule has 0 spiro atoms. The normalized spacial score (nSPS) is 24.9. The maximum Gasteiger partial charge on any atom is 0.391 e. The summed E-state index contributed by atoms with van der Waals surface area (Å²) in [6.45, 7) is 1.74. The first-order chi connectivity index (χ1) is 10.8. The van der Waals surface area contributed by atoms with Gasteiger partial charge in [0, 0.05) is 18.2 Å². The van der Waals surface area contributed by atoms with E-state index in [0.29, 0.717) is 5.69 Å². The van der Waals surface area contributed by atoms with Gasteiger partial charge in [0.1, 0.15) is 0 Å². The van der Waals surface area contributed by atoms with E-state index < -0.39 is 18.1 Å². The molecule has 128 valence electrons. The first kappa shape index (κ1) is 17.8. The van der Waals surface area contributed by atoms with Gasteiger partial charge in [0.25, 0.3) is 0 Å². The maximum atomic E-state index is 13.2. The number of hydrogen-bond donors (Lipinski definition) is 0. The predicted molar refractivity (Wildman–Crippen MR) is 84.3 cm³/mol. The van der Waals surface area contributed by atoms with Crippen LogP contribution in [0.25, 0.3) is 0 Å². The molecule has 0 heterocycles. The summed E-state index contributed by atoms with van der Waals surface area (Å²) in [5.41, 5.74) is 0.666. The van der Waals surface area contributed by atoms with Crippen LogP contribution in [0.3, 0.4) is 0 Å². The Morgan fingerprint density at radius 2 is 1.70 bits per heavy atom. The topological polar surface area (TPSA) is 23.6 Å². The summed E-state index contributed by atoms with van der Waals surface area (Å²) in [6.07, 6.45) is -3.97. The lowest BCUT2D eigenvalue weighted by atomic mass is 10.1. The average Bonchev–Trinajstić information content (AvgIpc) is 2.93. The van der Waals surface area contributed by atoms with Gasteiger partial charge in [-0.15, -0.1) is 0 Å². The zero-order valence-electron chi connectivity index (χ0n) is 13.7. The van der Waals surface area contributed by atoms with Crippen molar-refractivity contribution in [3.8, 4) is 0 Å². The van der Waals surface area contributed by atoms with E-state index in [1.165, 1.54) is 0 Å². The van der Waals surface area contributed by atoms with Gasteiger partial charge in [-0.25, -0.2) is 0 Å². The van der Waals surface area contributed by atoms with Crippen LogP contribution >= 0.6 is 0 Å². The molecule has 0 bridgehead atoms. The number of anilines is 1. The molecule has 1 aliphatic carbocycles. The van der Waals surface area contributed by atoms with Crippen LogP contribution in [-0.2, 0) is 4.79 Å². The first-order valence-electron chi connectivity index (χ1n) is 7.86. The molecule has 3 atom stereocenters. The number of benzene rings is 1. The standard InChI is InChI=1S/C17H23F3N2O/c1-4-16(23)22(13-8-6-5-7-9-13)15-11-12(17(18,19)20)10-14(15)21(2)3/h5-9,12,14-15H,4,10-11H2,1-3H3. The molecule has 1 aliphatic rings. The maximum absolute atomic E-state index is 13.2. The number of para-hydroxylation sites is 1. The van der Waals surface area contributed by atoms with Gasteiger partial charge in [-0.2, -0.15) is 13.2 Å². The van der Waals surface area contributed by atoms with Gasteiger partial charge < -0.3 is 9.80 Å². The minimum absolute atomic E-state index is 0.0293. The van der Waals surface area contributed by atoms with E-state index in [0.717, 1.165) is 0 Å². The summed E-state index contributed by atoms with van der Waals surface area (Å²) in [6, 6.07) is 8.21. The summed E-state index contributed by atoms with van der Waals surface area (Å²) in [4.78, 5) is 15.8. The molecule has 0 aliphatic heterocycles.